The van der Waals surface area contributed by atoms with Crippen LogP contribution in [0.5, 0.6) is 11.5 Å². The second-order valence-electron chi connectivity index (χ2n) is 4.69. The van der Waals surface area contributed by atoms with Crippen LogP contribution in [0.2, 0.25) is 0 Å². The molecular weight excluding hydrogens is 262 g/mol. The topological polar surface area (TPSA) is 42.4 Å². The number of para-hydroxylation sites is 1. The molecule has 0 aliphatic rings. The zero-order valence-corrected chi connectivity index (χ0v) is 11.7. The van der Waals surface area contributed by atoms with Gasteiger partial charge in [-0.15, -0.1) is 0 Å². The minimum Gasteiger partial charge on any atom is -0.504 e. The molecule has 0 radical (unpaired) electrons. The van der Waals surface area contributed by atoms with E-state index in [0.29, 0.717) is 5.75 Å². The highest BCUT2D eigenvalue weighted by Gasteiger charge is 2.00. The first-order valence-corrected chi connectivity index (χ1v) is 6.67. The van der Waals surface area contributed by atoms with Crippen LogP contribution in [0.15, 0.2) is 54.6 Å². The molecule has 0 aliphatic carbocycles. The standard InChI is InChI=1S/C18H15NO2/c1-21-18-11-7-13(12-17(18)20)6-9-15-10-8-14-4-2-3-5-16(14)19-15/h2-12,20H,1H3/b9-6+. The third kappa shape index (κ3) is 2.87. The Balaban J connectivity index is 1.88. The van der Waals surface area contributed by atoms with E-state index in [1.807, 2.05) is 54.6 Å². The Hall–Kier alpha value is -2.81. The van der Waals surface area contributed by atoms with E-state index in [1.165, 1.54) is 7.11 Å². The van der Waals surface area contributed by atoms with E-state index in [9.17, 15) is 5.11 Å². The van der Waals surface area contributed by atoms with Gasteiger partial charge in [0.15, 0.2) is 11.5 Å². The summed E-state index contributed by atoms with van der Waals surface area (Å²) >= 11 is 0. The predicted molar refractivity (Wildman–Crippen MR) is 85.3 cm³/mol. The molecule has 3 rings (SSSR count). The Kier molecular flexibility index (Phi) is 3.56. The van der Waals surface area contributed by atoms with Crippen molar-refractivity contribution in [2.45, 2.75) is 0 Å². The molecular formula is C18H15NO2. The molecule has 0 atom stereocenters. The largest absolute Gasteiger partial charge is 0.504 e. The van der Waals surface area contributed by atoms with Gasteiger partial charge in [-0.25, -0.2) is 4.98 Å². The lowest BCUT2D eigenvalue weighted by Gasteiger charge is -2.03. The number of hydrogen-bond acceptors (Lipinski definition) is 3. The Morgan fingerprint density at radius 3 is 2.67 bits per heavy atom. The average Bonchev–Trinajstić information content (AvgIpc) is 2.53. The highest BCUT2D eigenvalue weighted by molar-refractivity contribution is 5.80. The summed E-state index contributed by atoms with van der Waals surface area (Å²) in [7, 11) is 1.53. The molecule has 3 nitrogen and oxygen atoms in total. The van der Waals surface area contributed by atoms with Crippen molar-refractivity contribution < 1.29 is 9.84 Å². The molecule has 3 heteroatoms. The maximum Gasteiger partial charge on any atom is 0.160 e. The van der Waals surface area contributed by atoms with Crippen molar-refractivity contribution in [3.8, 4) is 11.5 Å². The van der Waals surface area contributed by atoms with Crippen LogP contribution in [0.1, 0.15) is 11.3 Å². The highest BCUT2D eigenvalue weighted by Crippen LogP contribution is 2.27. The van der Waals surface area contributed by atoms with Crippen molar-refractivity contribution in [2.24, 2.45) is 0 Å². The van der Waals surface area contributed by atoms with Crippen LogP contribution in [0.3, 0.4) is 0 Å². The maximum atomic E-state index is 9.76. The summed E-state index contributed by atoms with van der Waals surface area (Å²) in [4.78, 5) is 4.57. The molecule has 1 aromatic heterocycles. The van der Waals surface area contributed by atoms with E-state index < -0.39 is 0 Å². The molecule has 0 amide bonds. The first-order chi connectivity index (χ1) is 10.3. The van der Waals surface area contributed by atoms with Gasteiger partial charge >= 0.3 is 0 Å². The van der Waals surface area contributed by atoms with Gasteiger partial charge in [0.1, 0.15) is 0 Å². The van der Waals surface area contributed by atoms with Crippen LogP contribution in [-0.2, 0) is 0 Å². The number of benzene rings is 2. The van der Waals surface area contributed by atoms with Crippen molar-refractivity contribution in [3.63, 3.8) is 0 Å². The predicted octanol–water partition coefficient (Wildman–Crippen LogP) is 4.12. The van der Waals surface area contributed by atoms with E-state index in [4.69, 9.17) is 4.74 Å². The van der Waals surface area contributed by atoms with Crippen LogP contribution >= 0.6 is 0 Å². The summed E-state index contributed by atoms with van der Waals surface area (Å²) in [5.41, 5.74) is 2.74. The van der Waals surface area contributed by atoms with Gasteiger partial charge in [0.25, 0.3) is 0 Å². The molecule has 0 bridgehead atoms. The van der Waals surface area contributed by atoms with Crippen LogP contribution in [-0.4, -0.2) is 17.2 Å². The van der Waals surface area contributed by atoms with Gasteiger partial charge in [0.2, 0.25) is 0 Å². The number of aromatic nitrogens is 1. The normalized spacial score (nSPS) is 11.1. The van der Waals surface area contributed by atoms with Gasteiger partial charge in [0.05, 0.1) is 18.3 Å². The number of ether oxygens (including phenoxy) is 1. The molecule has 1 N–H and O–H groups in total. The Morgan fingerprint density at radius 1 is 1.00 bits per heavy atom. The molecule has 0 saturated heterocycles. The molecule has 3 aromatic rings. The fourth-order valence-corrected chi connectivity index (χ4v) is 2.17. The third-order valence-electron chi connectivity index (χ3n) is 3.27. The fraction of sp³-hybridized carbons (Fsp3) is 0.0556. The van der Waals surface area contributed by atoms with Gasteiger partial charge in [-0.2, -0.15) is 0 Å². The number of methoxy groups -OCH3 is 1. The summed E-state index contributed by atoms with van der Waals surface area (Å²) in [6, 6.07) is 17.3. The monoisotopic (exact) mass is 277 g/mol. The van der Waals surface area contributed by atoms with Crippen LogP contribution in [0, 0.1) is 0 Å². The third-order valence-corrected chi connectivity index (χ3v) is 3.27. The van der Waals surface area contributed by atoms with E-state index in [0.717, 1.165) is 22.2 Å². The molecule has 0 unspecified atom stereocenters. The fourth-order valence-electron chi connectivity index (χ4n) is 2.17. The smallest absolute Gasteiger partial charge is 0.160 e. The first-order valence-electron chi connectivity index (χ1n) is 6.67. The first kappa shape index (κ1) is 13.2. The number of aromatic hydroxyl groups is 1. The van der Waals surface area contributed by atoms with Gasteiger partial charge in [-0.3, -0.25) is 0 Å². The summed E-state index contributed by atoms with van der Waals surface area (Å²) < 4.78 is 5.02. The SMILES string of the molecule is COc1ccc(/C=C/c2ccc3ccccc3n2)cc1O. The molecule has 2 aromatic carbocycles. The van der Waals surface area contributed by atoms with Crippen LogP contribution in [0.25, 0.3) is 23.1 Å². The number of fused-ring (bicyclic) bond motifs is 1. The van der Waals surface area contributed by atoms with Crippen LogP contribution < -0.4 is 4.74 Å². The molecule has 0 saturated carbocycles. The zero-order valence-electron chi connectivity index (χ0n) is 11.7. The Morgan fingerprint density at radius 2 is 1.86 bits per heavy atom. The second-order valence-corrected chi connectivity index (χ2v) is 4.69. The van der Waals surface area contributed by atoms with Gasteiger partial charge in [0, 0.05) is 5.39 Å². The summed E-state index contributed by atoms with van der Waals surface area (Å²) in [6.45, 7) is 0. The lowest BCUT2D eigenvalue weighted by atomic mass is 10.1. The second kappa shape index (κ2) is 5.67. The summed E-state index contributed by atoms with van der Waals surface area (Å²) in [5.74, 6) is 0.599. The molecule has 0 spiro atoms. The molecule has 1 heterocycles. The maximum absolute atomic E-state index is 9.76. The average molecular weight is 277 g/mol. The number of phenols is 1. The van der Waals surface area contributed by atoms with Crippen LogP contribution in [0.4, 0.5) is 0 Å². The van der Waals surface area contributed by atoms with Gasteiger partial charge < -0.3 is 9.84 Å². The van der Waals surface area contributed by atoms with Crippen molar-refractivity contribution >= 4 is 23.1 Å². The quantitative estimate of drug-likeness (QED) is 0.783. The molecule has 21 heavy (non-hydrogen) atoms. The number of nitrogens with zero attached hydrogens (tertiary/aromatic N) is 1. The van der Waals surface area contributed by atoms with Crippen molar-refractivity contribution in [1.29, 1.82) is 0 Å². The number of rotatable bonds is 3. The number of hydrogen-bond donors (Lipinski definition) is 1. The van der Waals surface area contributed by atoms with Gasteiger partial charge in [-0.1, -0.05) is 36.4 Å². The lowest BCUT2D eigenvalue weighted by Crippen LogP contribution is -1.84. The molecule has 0 fully saturated rings. The Bertz CT molecular complexity index is 809. The van der Waals surface area contributed by atoms with E-state index >= 15 is 0 Å². The van der Waals surface area contributed by atoms with E-state index in [1.54, 1.807) is 12.1 Å². The minimum atomic E-state index is 0.131. The molecule has 0 aliphatic heterocycles. The minimum absolute atomic E-state index is 0.131. The summed E-state index contributed by atoms with van der Waals surface area (Å²) in [5, 5.41) is 10.9. The highest BCUT2D eigenvalue weighted by atomic mass is 16.5. The Labute approximate surface area is 123 Å². The zero-order chi connectivity index (χ0) is 14.7. The van der Waals surface area contributed by atoms with E-state index in [2.05, 4.69) is 4.98 Å². The van der Waals surface area contributed by atoms with E-state index in [-0.39, 0.29) is 5.75 Å². The van der Waals surface area contributed by atoms with Crippen molar-refractivity contribution in [3.05, 3.63) is 65.9 Å². The summed E-state index contributed by atoms with van der Waals surface area (Å²) in [6.07, 6.45) is 3.84. The van der Waals surface area contributed by atoms with Gasteiger partial charge in [-0.05, 0) is 35.9 Å². The number of pyridine rings is 1. The molecule has 104 valence electrons. The van der Waals surface area contributed by atoms with Crippen molar-refractivity contribution in [1.82, 2.24) is 4.98 Å². The lowest BCUT2D eigenvalue weighted by molar-refractivity contribution is 0.373. The van der Waals surface area contributed by atoms with Crippen molar-refractivity contribution in [2.75, 3.05) is 7.11 Å². The number of phenolic OH excluding ortho intramolecular Hbond substituents is 1.